The molecular weight excluding hydrogens is 416 g/mol. The fourth-order valence-corrected chi connectivity index (χ4v) is 5.10. The molecule has 2 aromatic rings. The van der Waals surface area contributed by atoms with Gasteiger partial charge in [0.25, 0.3) is 0 Å². The monoisotopic (exact) mass is 436 g/mol. The molecule has 0 unspecified atom stereocenters. The summed E-state index contributed by atoms with van der Waals surface area (Å²) in [7, 11) is -2.63. The van der Waals surface area contributed by atoms with Crippen molar-refractivity contribution >= 4 is 39.1 Å². The maximum atomic E-state index is 13.1. The highest BCUT2D eigenvalue weighted by molar-refractivity contribution is 7.89. The van der Waals surface area contributed by atoms with Gasteiger partial charge in [-0.2, -0.15) is 4.31 Å². The Morgan fingerprint density at radius 3 is 2.10 bits per heavy atom. The minimum absolute atomic E-state index is 0.00136. The van der Waals surface area contributed by atoms with Crippen LogP contribution >= 0.6 is 11.6 Å². The van der Waals surface area contributed by atoms with Crippen LogP contribution in [0.5, 0.6) is 0 Å². The van der Waals surface area contributed by atoms with E-state index in [1.54, 1.807) is 12.1 Å². The maximum Gasteiger partial charge on any atom is 0.337 e. The number of carbonyl (C=O) groups excluding carboxylic acids is 2. The van der Waals surface area contributed by atoms with Gasteiger partial charge in [-0.3, -0.25) is 4.79 Å². The number of Topliss-reactive ketones (excluding diaryl/α,β-unsaturated/α-hetero) is 1. The molecule has 0 aliphatic carbocycles. The number of piperazine rings is 1. The number of carbonyl (C=O) groups is 2. The quantitative estimate of drug-likeness (QED) is 0.529. The largest absolute Gasteiger partial charge is 0.465 e. The van der Waals surface area contributed by atoms with Crippen molar-refractivity contribution in [3.63, 3.8) is 0 Å². The third-order valence-electron chi connectivity index (χ3n) is 4.85. The van der Waals surface area contributed by atoms with Crippen molar-refractivity contribution in [1.29, 1.82) is 0 Å². The lowest BCUT2D eigenvalue weighted by molar-refractivity contribution is 0.0600. The van der Waals surface area contributed by atoms with Crippen molar-refractivity contribution in [2.45, 2.75) is 11.8 Å². The van der Waals surface area contributed by atoms with Crippen molar-refractivity contribution in [2.75, 3.05) is 38.2 Å². The Hall–Kier alpha value is -2.42. The van der Waals surface area contributed by atoms with Crippen LogP contribution < -0.4 is 4.90 Å². The third-order valence-corrected chi connectivity index (χ3v) is 7.23. The molecule has 1 aliphatic rings. The summed E-state index contributed by atoms with van der Waals surface area (Å²) >= 11 is 6.12. The molecule has 0 spiro atoms. The topological polar surface area (TPSA) is 84.0 Å². The summed E-state index contributed by atoms with van der Waals surface area (Å²) in [4.78, 5) is 25.1. The number of halogens is 1. The minimum atomic E-state index is -3.86. The Morgan fingerprint density at radius 1 is 0.966 bits per heavy atom. The van der Waals surface area contributed by atoms with Gasteiger partial charge in [-0.1, -0.05) is 11.6 Å². The average molecular weight is 437 g/mol. The summed E-state index contributed by atoms with van der Waals surface area (Å²) in [6, 6.07) is 11.3. The summed E-state index contributed by atoms with van der Waals surface area (Å²) in [6.07, 6.45) is 0. The molecule has 1 saturated heterocycles. The number of ether oxygens (including phenoxy) is 1. The van der Waals surface area contributed by atoms with E-state index in [0.717, 1.165) is 5.69 Å². The fourth-order valence-electron chi connectivity index (χ4n) is 3.18. The Kier molecular flexibility index (Phi) is 6.26. The highest BCUT2D eigenvalue weighted by Gasteiger charge is 2.31. The first-order valence-corrected chi connectivity index (χ1v) is 10.8. The van der Waals surface area contributed by atoms with E-state index < -0.39 is 16.0 Å². The Balaban J connectivity index is 1.76. The van der Waals surface area contributed by atoms with Crippen LogP contribution in [0.4, 0.5) is 5.69 Å². The van der Waals surface area contributed by atoms with Crippen LogP contribution in [0.25, 0.3) is 0 Å². The van der Waals surface area contributed by atoms with E-state index in [9.17, 15) is 18.0 Å². The Labute approximate surface area is 174 Å². The van der Waals surface area contributed by atoms with E-state index in [0.29, 0.717) is 18.7 Å². The third kappa shape index (κ3) is 4.44. The van der Waals surface area contributed by atoms with Gasteiger partial charge in [0.15, 0.2) is 5.78 Å². The summed E-state index contributed by atoms with van der Waals surface area (Å²) in [5, 5.41) is 0.0555. The summed E-state index contributed by atoms with van der Waals surface area (Å²) in [5.41, 5.74) is 1.69. The minimum Gasteiger partial charge on any atom is -0.465 e. The molecule has 0 amide bonds. The molecule has 2 aromatic carbocycles. The number of hydrogen-bond acceptors (Lipinski definition) is 6. The van der Waals surface area contributed by atoms with E-state index in [1.807, 2.05) is 12.1 Å². The molecule has 0 atom stereocenters. The van der Waals surface area contributed by atoms with Crippen LogP contribution in [0, 0.1) is 0 Å². The van der Waals surface area contributed by atoms with Gasteiger partial charge < -0.3 is 9.64 Å². The summed E-state index contributed by atoms with van der Waals surface area (Å²) in [5.74, 6) is -0.629. The van der Waals surface area contributed by atoms with E-state index in [-0.39, 0.29) is 34.4 Å². The normalized spacial score (nSPS) is 15.2. The standard InChI is InChI=1S/C20H21ClN2O5S/c1-14(24)15-3-6-17(7-4-15)22-9-11-23(12-10-22)29(26,27)19-13-16(20(25)28-2)5-8-18(19)21/h3-8,13H,9-12H2,1-2H3. The number of hydrogen-bond donors (Lipinski definition) is 0. The molecule has 0 aromatic heterocycles. The van der Waals surface area contributed by atoms with Crippen LogP contribution in [-0.2, 0) is 14.8 Å². The molecule has 7 nitrogen and oxygen atoms in total. The van der Waals surface area contributed by atoms with Gasteiger partial charge in [-0.15, -0.1) is 0 Å². The van der Waals surface area contributed by atoms with Crippen molar-refractivity contribution in [2.24, 2.45) is 0 Å². The van der Waals surface area contributed by atoms with Crippen LogP contribution in [0.1, 0.15) is 27.6 Å². The van der Waals surface area contributed by atoms with E-state index in [4.69, 9.17) is 11.6 Å². The molecule has 3 rings (SSSR count). The zero-order valence-corrected chi connectivity index (χ0v) is 17.7. The molecule has 0 N–H and O–H groups in total. The first-order chi connectivity index (χ1) is 13.7. The van der Waals surface area contributed by atoms with Crippen molar-refractivity contribution in [3.05, 3.63) is 58.6 Å². The molecule has 1 heterocycles. The smallest absolute Gasteiger partial charge is 0.337 e. The second kappa shape index (κ2) is 8.52. The van der Waals surface area contributed by atoms with Crippen LogP contribution in [-0.4, -0.2) is 57.8 Å². The van der Waals surface area contributed by atoms with Crippen molar-refractivity contribution < 1.29 is 22.7 Å². The number of rotatable bonds is 5. The molecule has 29 heavy (non-hydrogen) atoms. The SMILES string of the molecule is COC(=O)c1ccc(Cl)c(S(=O)(=O)N2CCN(c3ccc(C(C)=O)cc3)CC2)c1. The summed E-state index contributed by atoms with van der Waals surface area (Å²) in [6.45, 7) is 3.05. The molecular formula is C20H21ClN2O5S. The van der Waals surface area contributed by atoms with Gasteiger partial charge in [0.05, 0.1) is 17.7 Å². The lowest BCUT2D eigenvalue weighted by atomic mass is 10.1. The van der Waals surface area contributed by atoms with E-state index >= 15 is 0 Å². The number of anilines is 1. The highest BCUT2D eigenvalue weighted by atomic mass is 35.5. The van der Waals surface area contributed by atoms with Gasteiger partial charge in [0.1, 0.15) is 4.90 Å². The number of benzene rings is 2. The number of methoxy groups -OCH3 is 1. The molecule has 9 heteroatoms. The van der Waals surface area contributed by atoms with Gasteiger partial charge >= 0.3 is 5.97 Å². The first-order valence-electron chi connectivity index (χ1n) is 8.98. The van der Waals surface area contributed by atoms with E-state index in [1.165, 1.54) is 36.5 Å². The zero-order chi connectivity index (χ0) is 21.2. The zero-order valence-electron chi connectivity index (χ0n) is 16.1. The Morgan fingerprint density at radius 2 is 1.55 bits per heavy atom. The maximum absolute atomic E-state index is 13.1. The lowest BCUT2D eigenvalue weighted by Gasteiger charge is -2.35. The van der Waals surface area contributed by atoms with Crippen LogP contribution in [0.3, 0.4) is 0 Å². The molecule has 1 fully saturated rings. The number of nitrogens with zero attached hydrogens (tertiary/aromatic N) is 2. The van der Waals surface area contributed by atoms with Crippen LogP contribution in [0.2, 0.25) is 5.02 Å². The van der Waals surface area contributed by atoms with E-state index in [2.05, 4.69) is 9.64 Å². The molecule has 0 radical (unpaired) electrons. The predicted octanol–water partition coefficient (Wildman–Crippen LogP) is 2.84. The van der Waals surface area contributed by atoms with Crippen LogP contribution in [0.15, 0.2) is 47.4 Å². The molecule has 0 saturated carbocycles. The second-order valence-corrected chi connectivity index (χ2v) is 8.94. The van der Waals surface area contributed by atoms with Crippen molar-refractivity contribution in [1.82, 2.24) is 4.31 Å². The number of ketones is 1. The number of esters is 1. The lowest BCUT2D eigenvalue weighted by Crippen LogP contribution is -2.48. The highest BCUT2D eigenvalue weighted by Crippen LogP contribution is 2.28. The fraction of sp³-hybridized carbons (Fsp3) is 0.300. The molecule has 0 bridgehead atoms. The summed E-state index contributed by atoms with van der Waals surface area (Å²) < 4.78 is 32.1. The molecule has 1 aliphatic heterocycles. The van der Waals surface area contributed by atoms with Crippen molar-refractivity contribution in [3.8, 4) is 0 Å². The molecule has 154 valence electrons. The van der Waals surface area contributed by atoms with Gasteiger partial charge in [0.2, 0.25) is 10.0 Å². The Bertz CT molecular complexity index is 1030. The number of sulfonamides is 1. The van der Waals surface area contributed by atoms with Gasteiger partial charge in [-0.05, 0) is 49.4 Å². The average Bonchev–Trinajstić information content (AvgIpc) is 2.73. The second-order valence-electron chi connectivity index (χ2n) is 6.63. The van der Waals surface area contributed by atoms with Gasteiger partial charge in [-0.25, -0.2) is 13.2 Å². The van der Waals surface area contributed by atoms with Gasteiger partial charge in [0, 0.05) is 37.4 Å². The predicted molar refractivity (Wildman–Crippen MR) is 110 cm³/mol. The first kappa shape index (κ1) is 21.3.